The molecule has 1 fully saturated rings. The molecule has 19 heavy (non-hydrogen) atoms. The van der Waals surface area contributed by atoms with Crippen molar-refractivity contribution in [3.05, 3.63) is 11.6 Å². The van der Waals surface area contributed by atoms with Crippen LogP contribution >= 0.6 is 0 Å². The SMILES string of the molecule is CCOC(=O)c1nnc(C)n1CC(C)N1CCCC1. The summed E-state index contributed by atoms with van der Waals surface area (Å²) in [5.41, 5.74) is 0. The maximum atomic E-state index is 11.8. The van der Waals surface area contributed by atoms with E-state index in [1.807, 2.05) is 11.5 Å². The Hall–Kier alpha value is -1.43. The van der Waals surface area contributed by atoms with Gasteiger partial charge in [0.25, 0.3) is 0 Å². The number of esters is 1. The van der Waals surface area contributed by atoms with Gasteiger partial charge in [-0.15, -0.1) is 10.2 Å². The number of hydrogen-bond donors (Lipinski definition) is 0. The smallest absolute Gasteiger partial charge is 0.376 e. The van der Waals surface area contributed by atoms with Gasteiger partial charge >= 0.3 is 5.97 Å². The van der Waals surface area contributed by atoms with Gasteiger partial charge < -0.3 is 9.30 Å². The summed E-state index contributed by atoms with van der Waals surface area (Å²) >= 11 is 0. The third-order valence-corrected chi connectivity index (χ3v) is 3.60. The van der Waals surface area contributed by atoms with Gasteiger partial charge in [0.1, 0.15) is 5.82 Å². The fraction of sp³-hybridized carbons (Fsp3) is 0.769. The van der Waals surface area contributed by atoms with E-state index >= 15 is 0 Å². The number of ether oxygens (including phenoxy) is 1. The lowest BCUT2D eigenvalue weighted by molar-refractivity contribution is 0.0503. The van der Waals surface area contributed by atoms with Crippen molar-refractivity contribution < 1.29 is 9.53 Å². The molecular weight excluding hydrogens is 244 g/mol. The topological polar surface area (TPSA) is 60.2 Å². The van der Waals surface area contributed by atoms with Crippen LogP contribution < -0.4 is 0 Å². The first-order valence-corrected chi connectivity index (χ1v) is 6.94. The minimum absolute atomic E-state index is 0.311. The van der Waals surface area contributed by atoms with Crippen LogP contribution in [0.15, 0.2) is 0 Å². The van der Waals surface area contributed by atoms with Crippen LogP contribution in [-0.4, -0.2) is 51.4 Å². The minimum Gasteiger partial charge on any atom is -0.460 e. The molecule has 1 aromatic rings. The van der Waals surface area contributed by atoms with Crippen LogP contribution in [0.5, 0.6) is 0 Å². The molecule has 1 unspecified atom stereocenters. The Morgan fingerprint density at radius 1 is 1.37 bits per heavy atom. The highest BCUT2D eigenvalue weighted by Gasteiger charge is 2.23. The van der Waals surface area contributed by atoms with Gasteiger partial charge in [-0.25, -0.2) is 4.79 Å². The lowest BCUT2D eigenvalue weighted by Gasteiger charge is -2.24. The van der Waals surface area contributed by atoms with Crippen molar-refractivity contribution in [2.75, 3.05) is 19.7 Å². The highest BCUT2D eigenvalue weighted by atomic mass is 16.5. The first kappa shape index (κ1) is 14.0. The second kappa shape index (κ2) is 6.14. The molecule has 0 bridgehead atoms. The first-order valence-electron chi connectivity index (χ1n) is 6.94. The zero-order valence-electron chi connectivity index (χ0n) is 11.9. The van der Waals surface area contributed by atoms with Crippen molar-refractivity contribution >= 4 is 5.97 Å². The van der Waals surface area contributed by atoms with E-state index in [1.165, 1.54) is 12.8 Å². The molecule has 6 nitrogen and oxygen atoms in total. The maximum Gasteiger partial charge on any atom is 0.376 e. The van der Waals surface area contributed by atoms with E-state index in [1.54, 1.807) is 6.92 Å². The van der Waals surface area contributed by atoms with Gasteiger partial charge in [0.15, 0.2) is 0 Å². The van der Waals surface area contributed by atoms with Gasteiger partial charge in [-0.2, -0.15) is 0 Å². The second-order valence-corrected chi connectivity index (χ2v) is 4.99. The third kappa shape index (κ3) is 3.12. The fourth-order valence-electron chi connectivity index (χ4n) is 2.51. The molecule has 0 N–H and O–H groups in total. The van der Waals surface area contributed by atoms with Gasteiger partial charge in [-0.3, -0.25) is 4.90 Å². The summed E-state index contributed by atoms with van der Waals surface area (Å²) in [6, 6.07) is 0.380. The molecule has 6 heteroatoms. The van der Waals surface area contributed by atoms with E-state index in [2.05, 4.69) is 22.0 Å². The van der Waals surface area contributed by atoms with Crippen LogP contribution in [0, 0.1) is 6.92 Å². The number of nitrogens with zero attached hydrogens (tertiary/aromatic N) is 4. The molecule has 0 aliphatic carbocycles. The summed E-state index contributed by atoms with van der Waals surface area (Å²) in [7, 11) is 0. The Balaban J connectivity index is 2.10. The summed E-state index contributed by atoms with van der Waals surface area (Å²) < 4.78 is 6.88. The van der Waals surface area contributed by atoms with Crippen molar-refractivity contribution in [3.63, 3.8) is 0 Å². The minimum atomic E-state index is -0.392. The quantitative estimate of drug-likeness (QED) is 0.751. The molecule has 1 aliphatic heterocycles. The highest BCUT2D eigenvalue weighted by Crippen LogP contribution is 2.14. The molecule has 106 valence electrons. The van der Waals surface area contributed by atoms with Crippen molar-refractivity contribution in [1.82, 2.24) is 19.7 Å². The standard InChI is InChI=1S/C13H22N4O2/c1-4-19-13(18)12-15-14-11(3)17(12)9-10(2)16-7-5-6-8-16/h10H,4-9H2,1-3H3. The van der Waals surface area contributed by atoms with Gasteiger partial charge in [0.2, 0.25) is 5.82 Å². The predicted octanol–water partition coefficient (Wildman–Crippen LogP) is 1.25. The van der Waals surface area contributed by atoms with Gasteiger partial charge in [-0.05, 0) is 46.7 Å². The van der Waals surface area contributed by atoms with Crippen LogP contribution in [0.25, 0.3) is 0 Å². The van der Waals surface area contributed by atoms with Crippen LogP contribution in [0.4, 0.5) is 0 Å². The van der Waals surface area contributed by atoms with Crippen LogP contribution in [-0.2, 0) is 11.3 Å². The third-order valence-electron chi connectivity index (χ3n) is 3.60. The summed E-state index contributed by atoms with van der Waals surface area (Å²) in [5.74, 6) is 0.677. The highest BCUT2D eigenvalue weighted by molar-refractivity contribution is 5.85. The average molecular weight is 266 g/mol. The molecule has 0 radical (unpaired) electrons. The van der Waals surface area contributed by atoms with Crippen molar-refractivity contribution in [1.29, 1.82) is 0 Å². The Labute approximate surface area is 113 Å². The number of likely N-dealkylation sites (tertiary alicyclic amines) is 1. The zero-order chi connectivity index (χ0) is 13.8. The molecule has 0 aromatic carbocycles. The maximum absolute atomic E-state index is 11.8. The van der Waals surface area contributed by atoms with E-state index in [0.29, 0.717) is 18.5 Å². The number of rotatable bonds is 5. The summed E-state index contributed by atoms with van der Waals surface area (Å²) in [4.78, 5) is 14.3. The van der Waals surface area contributed by atoms with Crippen LogP contribution in [0.1, 0.15) is 43.1 Å². The molecule has 1 aromatic heterocycles. The molecular formula is C13H22N4O2. The van der Waals surface area contributed by atoms with Crippen molar-refractivity contribution in [2.24, 2.45) is 0 Å². The molecule has 0 spiro atoms. The Morgan fingerprint density at radius 3 is 2.68 bits per heavy atom. The van der Waals surface area contributed by atoms with Crippen molar-refractivity contribution in [3.8, 4) is 0 Å². The van der Waals surface area contributed by atoms with Crippen LogP contribution in [0.3, 0.4) is 0 Å². The molecule has 2 rings (SSSR count). The second-order valence-electron chi connectivity index (χ2n) is 4.99. The Kier molecular flexibility index (Phi) is 4.52. The summed E-state index contributed by atoms with van der Waals surface area (Å²) in [6.45, 7) is 9.19. The molecule has 1 aliphatic rings. The number of aromatic nitrogens is 3. The normalized spacial score (nSPS) is 17.6. The fourth-order valence-corrected chi connectivity index (χ4v) is 2.51. The van der Waals surface area contributed by atoms with E-state index in [0.717, 1.165) is 25.5 Å². The molecule has 1 atom stereocenters. The molecule has 1 saturated heterocycles. The largest absolute Gasteiger partial charge is 0.460 e. The van der Waals surface area contributed by atoms with Gasteiger partial charge in [0.05, 0.1) is 6.61 Å². The van der Waals surface area contributed by atoms with E-state index in [4.69, 9.17) is 4.74 Å². The lowest BCUT2D eigenvalue weighted by Crippen LogP contribution is -2.34. The Bertz CT molecular complexity index is 438. The van der Waals surface area contributed by atoms with Crippen LogP contribution in [0.2, 0.25) is 0 Å². The van der Waals surface area contributed by atoms with Crippen molar-refractivity contribution in [2.45, 2.75) is 46.2 Å². The van der Waals surface area contributed by atoms with E-state index < -0.39 is 5.97 Å². The molecule has 0 saturated carbocycles. The van der Waals surface area contributed by atoms with E-state index in [-0.39, 0.29) is 0 Å². The molecule has 2 heterocycles. The lowest BCUT2D eigenvalue weighted by atomic mass is 10.3. The number of carbonyl (C=O) groups excluding carboxylic acids is 1. The number of aryl methyl sites for hydroxylation is 1. The number of hydrogen-bond acceptors (Lipinski definition) is 5. The average Bonchev–Trinajstić information content (AvgIpc) is 3.01. The monoisotopic (exact) mass is 266 g/mol. The molecule has 0 amide bonds. The first-order chi connectivity index (χ1) is 9.13. The van der Waals surface area contributed by atoms with E-state index in [9.17, 15) is 4.79 Å². The zero-order valence-corrected chi connectivity index (χ0v) is 11.9. The summed E-state index contributed by atoms with van der Waals surface area (Å²) in [6.07, 6.45) is 2.52. The summed E-state index contributed by atoms with van der Waals surface area (Å²) in [5, 5.41) is 7.93. The van der Waals surface area contributed by atoms with Gasteiger partial charge in [-0.1, -0.05) is 0 Å². The Morgan fingerprint density at radius 2 is 2.05 bits per heavy atom. The number of carbonyl (C=O) groups is 1. The van der Waals surface area contributed by atoms with Gasteiger partial charge in [0, 0.05) is 12.6 Å². The predicted molar refractivity (Wildman–Crippen MR) is 71.0 cm³/mol.